The maximum Gasteiger partial charge on any atom is 0.326 e. The Hall–Kier alpha value is -2.30. The van der Waals surface area contributed by atoms with Crippen LogP contribution in [0.15, 0.2) is 42.7 Å². The van der Waals surface area contributed by atoms with Gasteiger partial charge in [0.05, 0.1) is 0 Å². The topological polar surface area (TPSA) is 59.0 Å². The summed E-state index contributed by atoms with van der Waals surface area (Å²) in [5, 5.41) is 5.34. The zero-order valence-electron chi connectivity index (χ0n) is 8.84. The Morgan fingerprint density at radius 1 is 1.25 bits per heavy atom. The first kappa shape index (κ1) is 10.2. The molecular weight excluding hydrogens is 204 g/mol. The van der Waals surface area contributed by atoms with E-state index in [1.807, 2.05) is 37.4 Å². The Morgan fingerprint density at radius 2 is 2.00 bits per heavy atom. The summed E-state index contributed by atoms with van der Waals surface area (Å²) >= 11 is 0. The van der Waals surface area contributed by atoms with Crippen LogP contribution in [0.25, 0.3) is 0 Å². The van der Waals surface area contributed by atoms with E-state index in [1.54, 1.807) is 17.0 Å². The van der Waals surface area contributed by atoms with Gasteiger partial charge in [0, 0.05) is 25.1 Å². The number of amides is 2. The van der Waals surface area contributed by atoms with Gasteiger partial charge < -0.3 is 9.88 Å². The SMILES string of the molecule is Cn1ccnc1NC(=O)Nc1ccccc1. The predicted molar refractivity (Wildman–Crippen MR) is 62.3 cm³/mol. The number of carbonyl (C=O) groups is 1. The van der Waals surface area contributed by atoms with Gasteiger partial charge in [0.15, 0.2) is 0 Å². The summed E-state index contributed by atoms with van der Waals surface area (Å²) in [7, 11) is 1.81. The third-order valence-electron chi connectivity index (χ3n) is 2.08. The Bertz CT molecular complexity index is 478. The lowest BCUT2D eigenvalue weighted by molar-refractivity contribution is 0.262. The summed E-state index contributed by atoms with van der Waals surface area (Å²) in [6, 6.07) is 8.94. The number of urea groups is 1. The molecule has 0 aliphatic carbocycles. The Labute approximate surface area is 93.1 Å². The van der Waals surface area contributed by atoms with E-state index in [2.05, 4.69) is 15.6 Å². The lowest BCUT2D eigenvalue weighted by Crippen LogP contribution is -2.21. The van der Waals surface area contributed by atoms with Crippen molar-refractivity contribution in [2.45, 2.75) is 0 Å². The van der Waals surface area contributed by atoms with Gasteiger partial charge in [-0.05, 0) is 12.1 Å². The van der Waals surface area contributed by atoms with E-state index in [0.717, 1.165) is 5.69 Å². The van der Waals surface area contributed by atoms with Gasteiger partial charge in [-0.3, -0.25) is 5.32 Å². The molecule has 0 bridgehead atoms. The molecule has 2 aromatic rings. The standard InChI is InChI=1S/C11H12N4O/c1-15-8-7-12-10(15)14-11(16)13-9-5-3-2-4-6-9/h2-8H,1H3,(H2,12,13,14,16). The number of anilines is 2. The Kier molecular flexibility index (Phi) is 2.86. The number of benzene rings is 1. The maximum atomic E-state index is 11.6. The fourth-order valence-corrected chi connectivity index (χ4v) is 1.27. The molecule has 16 heavy (non-hydrogen) atoms. The quantitative estimate of drug-likeness (QED) is 0.807. The second-order valence-corrected chi connectivity index (χ2v) is 3.31. The summed E-state index contributed by atoms with van der Waals surface area (Å²) in [5.74, 6) is 0.508. The highest BCUT2D eigenvalue weighted by Gasteiger charge is 2.04. The smallest absolute Gasteiger partial charge is 0.320 e. The van der Waals surface area contributed by atoms with Crippen molar-refractivity contribution in [2.24, 2.45) is 7.05 Å². The largest absolute Gasteiger partial charge is 0.326 e. The first-order chi connectivity index (χ1) is 7.75. The lowest BCUT2D eigenvalue weighted by atomic mass is 10.3. The first-order valence-electron chi connectivity index (χ1n) is 4.86. The van der Waals surface area contributed by atoms with Gasteiger partial charge in [0.2, 0.25) is 5.95 Å². The number of hydrogen-bond donors (Lipinski definition) is 2. The van der Waals surface area contributed by atoms with Gasteiger partial charge in [-0.15, -0.1) is 0 Å². The molecule has 0 radical (unpaired) electrons. The van der Waals surface area contributed by atoms with E-state index >= 15 is 0 Å². The van der Waals surface area contributed by atoms with E-state index in [-0.39, 0.29) is 6.03 Å². The van der Waals surface area contributed by atoms with Crippen LogP contribution < -0.4 is 10.6 Å². The second kappa shape index (κ2) is 4.48. The highest BCUT2D eigenvalue weighted by Crippen LogP contribution is 2.06. The van der Waals surface area contributed by atoms with Crippen molar-refractivity contribution < 1.29 is 4.79 Å². The zero-order chi connectivity index (χ0) is 11.4. The average Bonchev–Trinajstić information content (AvgIpc) is 2.66. The van der Waals surface area contributed by atoms with Crippen molar-refractivity contribution in [2.75, 3.05) is 10.6 Å². The van der Waals surface area contributed by atoms with E-state index in [0.29, 0.717) is 5.95 Å². The van der Waals surface area contributed by atoms with Crippen LogP contribution in [-0.2, 0) is 7.05 Å². The fraction of sp³-hybridized carbons (Fsp3) is 0.0909. The molecular formula is C11H12N4O. The van der Waals surface area contributed by atoms with Crippen LogP contribution in [0, 0.1) is 0 Å². The molecule has 0 spiro atoms. The molecule has 5 heteroatoms. The molecule has 0 aliphatic heterocycles. The molecule has 1 aromatic carbocycles. The average molecular weight is 216 g/mol. The number of rotatable bonds is 2. The molecule has 82 valence electrons. The Morgan fingerprint density at radius 3 is 2.62 bits per heavy atom. The van der Waals surface area contributed by atoms with Crippen molar-refractivity contribution in [3.63, 3.8) is 0 Å². The Balaban J connectivity index is 1.98. The fourth-order valence-electron chi connectivity index (χ4n) is 1.27. The van der Waals surface area contributed by atoms with Crippen molar-refractivity contribution in [3.05, 3.63) is 42.7 Å². The molecule has 0 aliphatic rings. The van der Waals surface area contributed by atoms with Crippen LogP contribution >= 0.6 is 0 Å². The maximum absolute atomic E-state index is 11.6. The van der Waals surface area contributed by atoms with Gasteiger partial charge in [-0.1, -0.05) is 18.2 Å². The summed E-state index contributed by atoms with van der Waals surface area (Å²) in [6.45, 7) is 0. The predicted octanol–water partition coefficient (Wildman–Crippen LogP) is 2.06. The van der Waals surface area contributed by atoms with E-state index in [1.165, 1.54) is 0 Å². The molecule has 1 heterocycles. The number of para-hydroxylation sites is 1. The van der Waals surface area contributed by atoms with E-state index < -0.39 is 0 Å². The minimum absolute atomic E-state index is 0.305. The molecule has 0 atom stereocenters. The van der Waals surface area contributed by atoms with Gasteiger partial charge >= 0.3 is 6.03 Å². The van der Waals surface area contributed by atoms with Crippen molar-refractivity contribution in [1.29, 1.82) is 0 Å². The minimum Gasteiger partial charge on any atom is -0.320 e. The number of imidazole rings is 1. The normalized spacial score (nSPS) is 9.81. The first-order valence-corrected chi connectivity index (χ1v) is 4.86. The molecule has 0 saturated heterocycles. The van der Waals surface area contributed by atoms with Gasteiger partial charge in [-0.2, -0.15) is 0 Å². The zero-order valence-corrected chi connectivity index (χ0v) is 8.84. The van der Waals surface area contributed by atoms with E-state index in [9.17, 15) is 4.79 Å². The van der Waals surface area contributed by atoms with Crippen LogP contribution in [0.4, 0.5) is 16.4 Å². The number of aromatic nitrogens is 2. The number of nitrogens with one attached hydrogen (secondary N) is 2. The lowest BCUT2D eigenvalue weighted by Gasteiger charge is -2.06. The minimum atomic E-state index is -0.305. The highest BCUT2D eigenvalue weighted by atomic mass is 16.2. The summed E-state index contributed by atoms with van der Waals surface area (Å²) in [5.41, 5.74) is 0.745. The number of nitrogens with zero attached hydrogens (tertiary/aromatic N) is 2. The van der Waals surface area contributed by atoms with Gasteiger partial charge in [0.1, 0.15) is 0 Å². The number of hydrogen-bond acceptors (Lipinski definition) is 2. The van der Waals surface area contributed by atoms with Crippen molar-refractivity contribution >= 4 is 17.7 Å². The third-order valence-corrected chi connectivity index (χ3v) is 2.08. The monoisotopic (exact) mass is 216 g/mol. The molecule has 2 rings (SSSR count). The van der Waals surface area contributed by atoms with Crippen LogP contribution in [-0.4, -0.2) is 15.6 Å². The van der Waals surface area contributed by atoms with Gasteiger partial charge in [-0.25, -0.2) is 9.78 Å². The van der Waals surface area contributed by atoms with E-state index in [4.69, 9.17) is 0 Å². The molecule has 0 fully saturated rings. The summed E-state index contributed by atoms with van der Waals surface area (Å²) < 4.78 is 1.73. The summed E-state index contributed by atoms with van der Waals surface area (Å²) in [6.07, 6.45) is 3.39. The number of aryl methyl sites for hydroxylation is 1. The molecule has 0 saturated carbocycles. The van der Waals surface area contributed by atoms with Crippen LogP contribution in [0.2, 0.25) is 0 Å². The number of carbonyl (C=O) groups excluding carboxylic acids is 1. The van der Waals surface area contributed by atoms with Gasteiger partial charge in [0.25, 0.3) is 0 Å². The van der Waals surface area contributed by atoms with Crippen molar-refractivity contribution in [1.82, 2.24) is 9.55 Å². The van der Waals surface area contributed by atoms with Crippen molar-refractivity contribution in [3.8, 4) is 0 Å². The molecule has 2 N–H and O–H groups in total. The molecule has 1 aromatic heterocycles. The summed E-state index contributed by atoms with van der Waals surface area (Å²) in [4.78, 5) is 15.5. The molecule has 5 nitrogen and oxygen atoms in total. The highest BCUT2D eigenvalue weighted by molar-refractivity contribution is 5.98. The second-order valence-electron chi connectivity index (χ2n) is 3.31. The van der Waals surface area contributed by atoms with Crippen LogP contribution in [0.5, 0.6) is 0 Å². The third kappa shape index (κ3) is 2.38. The molecule has 0 unspecified atom stereocenters. The molecule has 2 amide bonds. The van der Waals surface area contributed by atoms with Crippen LogP contribution in [0.3, 0.4) is 0 Å². The van der Waals surface area contributed by atoms with Crippen LogP contribution in [0.1, 0.15) is 0 Å².